The lowest BCUT2D eigenvalue weighted by atomic mass is 10.0. The van der Waals surface area contributed by atoms with Gasteiger partial charge in [0.15, 0.2) is 11.5 Å². The molecule has 3 rings (SSSR count). The molecule has 1 N–H and O–H groups in total. The predicted octanol–water partition coefficient (Wildman–Crippen LogP) is 2.44. The van der Waals surface area contributed by atoms with E-state index in [-0.39, 0.29) is 10.8 Å². The Bertz CT molecular complexity index is 795. The number of nitrogens with one attached hydrogen (secondary N) is 1. The summed E-state index contributed by atoms with van der Waals surface area (Å²) in [6, 6.07) is 5.46. The summed E-state index contributed by atoms with van der Waals surface area (Å²) in [5.41, 5.74) is 2.23. The zero-order valence-corrected chi connectivity index (χ0v) is 13.6. The molecule has 0 fully saturated rings. The molecule has 1 aliphatic heterocycles. The van der Waals surface area contributed by atoms with Crippen molar-refractivity contribution in [3.05, 3.63) is 30.0 Å². The van der Waals surface area contributed by atoms with Gasteiger partial charge in [0.2, 0.25) is 5.75 Å². The fourth-order valence-electron chi connectivity index (χ4n) is 2.43. The molecule has 1 amide bonds. The second-order valence-corrected chi connectivity index (χ2v) is 5.23. The highest BCUT2D eigenvalue weighted by molar-refractivity contribution is 7.82. The molecule has 0 bridgehead atoms. The number of nitrogens with zero attached hydrogens (tertiary/aromatic N) is 1. The van der Waals surface area contributed by atoms with Crippen LogP contribution in [0.2, 0.25) is 0 Å². The molecule has 0 saturated carbocycles. The first-order valence-electron chi connectivity index (χ1n) is 6.75. The van der Waals surface area contributed by atoms with Gasteiger partial charge in [-0.2, -0.15) is 0 Å². The molecule has 0 saturated heterocycles. The summed E-state index contributed by atoms with van der Waals surface area (Å²) < 4.78 is 16.0. The van der Waals surface area contributed by atoms with E-state index < -0.39 is 0 Å². The van der Waals surface area contributed by atoms with Crippen LogP contribution >= 0.6 is 12.2 Å². The SMILES string of the molecule is COc1cc(-c2cnc3c(c2)C(=S)C(=O)N3)cc(OC)c1OC. The van der Waals surface area contributed by atoms with Crippen LogP contribution in [0.15, 0.2) is 24.4 Å². The van der Waals surface area contributed by atoms with Crippen molar-refractivity contribution in [1.82, 2.24) is 4.98 Å². The van der Waals surface area contributed by atoms with Crippen molar-refractivity contribution in [2.45, 2.75) is 0 Å². The van der Waals surface area contributed by atoms with Gasteiger partial charge >= 0.3 is 0 Å². The molecule has 118 valence electrons. The number of hydrogen-bond acceptors (Lipinski definition) is 6. The van der Waals surface area contributed by atoms with E-state index in [9.17, 15) is 4.79 Å². The van der Waals surface area contributed by atoms with Crippen LogP contribution in [-0.2, 0) is 4.79 Å². The summed E-state index contributed by atoms with van der Waals surface area (Å²) >= 11 is 5.12. The summed E-state index contributed by atoms with van der Waals surface area (Å²) in [5.74, 6) is 1.78. The zero-order chi connectivity index (χ0) is 16.6. The van der Waals surface area contributed by atoms with Crippen LogP contribution in [0.25, 0.3) is 11.1 Å². The number of thiocarbonyl (C=S) groups is 1. The van der Waals surface area contributed by atoms with Crippen molar-refractivity contribution in [1.29, 1.82) is 0 Å². The Hall–Kier alpha value is -2.67. The minimum Gasteiger partial charge on any atom is -0.493 e. The molecule has 1 aromatic carbocycles. The Morgan fingerprint density at radius 2 is 1.65 bits per heavy atom. The third-order valence-corrected chi connectivity index (χ3v) is 3.97. The molecule has 2 aromatic rings. The lowest BCUT2D eigenvalue weighted by Crippen LogP contribution is -2.11. The quantitative estimate of drug-likeness (QED) is 0.869. The van der Waals surface area contributed by atoms with E-state index in [4.69, 9.17) is 26.4 Å². The highest BCUT2D eigenvalue weighted by atomic mass is 32.1. The molecule has 1 aliphatic rings. The molecule has 7 heteroatoms. The number of aromatic nitrogens is 1. The van der Waals surface area contributed by atoms with Crippen molar-refractivity contribution in [3.63, 3.8) is 0 Å². The maximum Gasteiger partial charge on any atom is 0.268 e. The molecule has 23 heavy (non-hydrogen) atoms. The summed E-state index contributed by atoms with van der Waals surface area (Å²) in [5, 5.41) is 2.63. The number of hydrogen-bond donors (Lipinski definition) is 1. The highest BCUT2D eigenvalue weighted by Crippen LogP contribution is 2.41. The standard InChI is InChI=1S/C16H14N2O4S/c1-20-11-5-8(6-12(21-2)13(11)22-3)9-4-10-14(23)16(19)18-15(10)17-7-9/h4-7H,1-3H3,(H,17,18,19,23). The van der Waals surface area contributed by atoms with E-state index in [0.29, 0.717) is 28.6 Å². The normalized spacial score (nSPS) is 12.7. The van der Waals surface area contributed by atoms with E-state index in [2.05, 4.69) is 10.3 Å². The average Bonchev–Trinajstić information content (AvgIpc) is 2.87. The number of anilines is 1. The van der Waals surface area contributed by atoms with Crippen LogP contribution < -0.4 is 19.5 Å². The van der Waals surface area contributed by atoms with Gasteiger partial charge in [0.05, 0.1) is 21.3 Å². The van der Waals surface area contributed by atoms with Crippen LogP contribution in [0, 0.1) is 0 Å². The maximum atomic E-state index is 11.6. The Morgan fingerprint density at radius 3 is 2.22 bits per heavy atom. The fraction of sp³-hybridized carbons (Fsp3) is 0.188. The topological polar surface area (TPSA) is 69.7 Å². The van der Waals surface area contributed by atoms with E-state index in [1.807, 2.05) is 18.2 Å². The van der Waals surface area contributed by atoms with Gasteiger partial charge in [0.25, 0.3) is 5.91 Å². The van der Waals surface area contributed by atoms with E-state index in [0.717, 1.165) is 11.1 Å². The highest BCUT2D eigenvalue weighted by Gasteiger charge is 2.26. The van der Waals surface area contributed by atoms with Crippen molar-refractivity contribution < 1.29 is 19.0 Å². The van der Waals surface area contributed by atoms with Crippen molar-refractivity contribution >= 4 is 28.8 Å². The van der Waals surface area contributed by atoms with Gasteiger partial charge in [-0.05, 0) is 23.8 Å². The van der Waals surface area contributed by atoms with Crippen molar-refractivity contribution in [2.75, 3.05) is 26.6 Å². The molecular formula is C16H14N2O4S. The first-order chi connectivity index (χ1) is 11.1. The zero-order valence-electron chi connectivity index (χ0n) is 12.8. The summed E-state index contributed by atoms with van der Waals surface area (Å²) in [6.07, 6.45) is 1.66. The third kappa shape index (κ3) is 2.49. The lowest BCUT2D eigenvalue weighted by Gasteiger charge is -2.14. The number of carbonyl (C=O) groups is 1. The van der Waals surface area contributed by atoms with Gasteiger partial charge in [0.1, 0.15) is 10.7 Å². The van der Waals surface area contributed by atoms with Gasteiger partial charge in [-0.1, -0.05) is 12.2 Å². The van der Waals surface area contributed by atoms with Crippen molar-refractivity contribution in [3.8, 4) is 28.4 Å². The number of rotatable bonds is 4. The van der Waals surface area contributed by atoms with Gasteiger partial charge in [-0.3, -0.25) is 4.79 Å². The molecule has 2 heterocycles. The van der Waals surface area contributed by atoms with Crippen LogP contribution in [0.4, 0.5) is 5.82 Å². The van der Waals surface area contributed by atoms with Crippen LogP contribution in [-0.4, -0.2) is 37.1 Å². The van der Waals surface area contributed by atoms with Crippen molar-refractivity contribution in [2.24, 2.45) is 0 Å². The number of amides is 1. The molecule has 6 nitrogen and oxygen atoms in total. The van der Waals surface area contributed by atoms with Gasteiger partial charge in [-0.25, -0.2) is 4.98 Å². The Morgan fingerprint density at radius 1 is 1.00 bits per heavy atom. The number of fused-ring (bicyclic) bond motifs is 1. The second kappa shape index (κ2) is 5.85. The first kappa shape index (κ1) is 15.2. The minimum absolute atomic E-state index is 0.238. The fourth-order valence-corrected chi connectivity index (χ4v) is 2.64. The Kier molecular flexibility index (Phi) is 3.87. The molecule has 0 atom stereocenters. The van der Waals surface area contributed by atoms with Crippen LogP contribution in [0.1, 0.15) is 5.56 Å². The molecule has 0 radical (unpaired) electrons. The predicted molar refractivity (Wildman–Crippen MR) is 89.7 cm³/mol. The van der Waals surface area contributed by atoms with Gasteiger partial charge in [0, 0.05) is 17.3 Å². The van der Waals surface area contributed by atoms with E-state index >= 15 is 0 Å². The summed E-state index contributed by atoms with van der Waals surface area (Å²) in [4.78, 5) is 16.1. The average molecular weight is 330 g/mol. The van der Waals surface area contributed by atoms with E-state index in [1.165, 1.54) is 0 Å². The molecule has 0 unspecified atom stereocenters. The number of methoxy groups -OCH3 is 3. The number of benzene rings is 1. The first-order valence-corrected chi connectivity index (χ1v) is 7.16. The maximum absolute atomic E-state index is 11.6. The number of carbonyl (C=O) groups excluding carboxylic acids is 1. The molecular weight excluding hydrogens is 316 g/mol. The number of ether oxygens (including phenoxy) is 3. The Balaban J connectivity index is 2.13. The Labute approximate surface area is 138 Å². The second-order valence-electron chi connectivity index (χ2n) is 4.82. The van der Waals surface area contributed by atoms with Crippen LogP contribution in [0.5, 0.6) is 17.2 Å². The molecule has 0 aliphatic carbocycles. The van der Waals surface area contributed by atoms with Crippen LogP contribution in [0.3, 0.4) is 0 Å². The smallest absolute Gasteiger partial charge is 0.268 e. The van der Waals surface area contributed by atoms with E-state index in [1.54, 1.807) is 27.5 Å². The third-order valence-electron chi connectivity index (χ3n) is 3.57. The summed E-state index contributed by atoms with van der Waals surface area (Å²) in [7, 11) is 4.66. The number of pyridine rings is 1. The lowest BCUT2D eigenvalue weighted by molar-refractivity contribution is -0.109. The summed E-state index contributed by atoms with van der Waals surface area (Å²) in [6.45, 7) is 0. The minimum atomic E-state index is -0.301. The monoisotopic (exact) mass is 330 g/mol. The van der Waals surface area contributed by atoms with Gasteiger partial charge < -0.3 is 19.5 Å². The molecule has 0 spiro atoms. The van der Waals surface area contributed by atoms with Gasteiger partial charge in [-0.15, -0.1) is 0 Å². The molecule has 1 aromatic heterocycles. The largest absolute Gasteiger partial charge is 0.493 e.